The van der Waals surface area contributed by atoms with Gasteiger partial charge in [-0.3, -0.25) is 19.3 Å². The zero-order chi connectivity index (χ0) is 18.6. The largest absolute Gasteiger partial charge is 0.489 e. The summed E-state index contributed by atoms with van der Waals surface area (Å²) in [5.41, 5.74) is 0.412. The lowest BCUT2D eigenvalue weighted by Gasteiger charge is -2.17. The molecule has 0 saturated carbocycles. The summed E-state index contributed by atoms with van der Waals surface area (Å²) < 4.78 is 5.59. The van der Waals surface area contributed by atoms with Crippen LogP contribution in [0.2, 0.25) is 0 Å². The average molecular weight is 345 g/mol. The van der Waals surface area contributed by atoms with Crippen LogP contribution in [-0.2, 0) is 14.4 Å². The third kappa shape index (κ3) is 4.03. The quantitative estimate of drug-likeness (QED) is 0.458. The van der Waals surface area contributed by atoms with E-state index in [0.717, 1.165) is 4.90 Å². The number of amides is 5. The number of benzene rings is 1. The minimum atomic E-state index is -1.03. The number of para-hydroxylation sites is 2. The maximum absolute atomic E-state index is 12.2. The van der Waals surface area contributed by atoms with Gasteiger partial charge in [-0.2, -0.15) is 0 Å². The molecule has 1 aliphatic rings. The number of hydrogen-bond acceptors (Lipinski definition) is 5. The minimum absolute atomic E-state index is 0.0907. The van der Waals surface area contributed by atoms with E-state index in [0.29, 0.717) is 16.3 Å². The van der Waals surface area contributed by atoms with Crippen LogP contribution >= 0.6 is 0 Å². The van der Waals surface area contributed by atoms with Gasteiger partial charge in [-0.1, -0.05) is 18.2 Å². The number of urea groups is 1. The average Bonchev–Trinajstić information content (AvgIpc) is 2.74. The lowest BCUT2D eigenvalue weighted by Crippen LogP contribution is -2.39. The molecule has 0 aromatic heterocycles. The van der Waals surface area contributed by atoms with Gasteiger partial charge in [0.05, 0.1) is 11.8 Å². The highest BCUT2D eigenvalue weighted by molar-refractivity contribution is 6.45. The molecule has 1 N–H and O–H groups in total. The number of imide groups is 2. The lowest BCUT2D eigenvalue weighted by atomic mass is 10.3. The van der Waals surface area contributed by atoms with Crippen LogP contribution in [0, 0.1) is 0 Å². The van der Waals surface area contributed by atoms with E-state index in [4.69, 9.17) is 4.74 Å². The van der Waals surface area contributed by atoms with Crippen molar-refractivity contribution >= 4 is 29.4 Å². The molecule has 132 valence electrons. The second kappa shape index (κ2) is 7.61. The smallest absolute Gasteiger partial charge is 0.335 e. The summed E-state index contributed by atoms with van der Waals surface area (Å²) >= 11 is 0. The number of carbonyl (C=O) groups excluding carboxylic acids is 4. The van der Waals surface area contributed by atoms with Crippen LogP contribution in [0.5, 0.6) is 5.75 Å². The first-order valence-corrected chi connectivity index (χ1v) is 7.69. The third-order valence-corrected chi connectivity index (χ3v) is 3.27. The SMILES string of the molecule is C=CCN1C(=O)C(=O)N(CC(=O)Nc2ccccc2OC(C)C)C1=O. The van der Waals surface area contributed by atoms with Crippen molar-refractivity contribution < 1.29 is 23.9 Å². The van der Waals surface area contributed by atoms with Crippen LogP contribution in [0.3, 0.4) is 0 Å². The Kier molecular flexibility index (Phi) is 5.53. The van der Waals surface area contributed by atoms with E-state index >= 15 is 0 Å². The van der Waals surface area contributed by atoms with Crippen LogP contribution in [-0.4, -0.2) is 52.7 Å². The van der Waals surface area contributed by atoms with Gasteiger partial charge < -0.3 is 10.1 Å². The van der Waals surface area contributed by atoms with Gasteiger partial charge in [0.25, 0.3) is 0 Å². The van der Waals surface area contributed by atoms with Gasteiger partial charge >= 0.3 is 17.8 Å². The Bertz CT molecular complexity index is 729. The van der Waals surface area contributed by atoms with Crippen molar-refractivity contribution in [2.45, 2.75) is 20.0 Å². The Hall–Kier alpha value is -3.16. The van der Waals surface area contributed by atoms with Crippen LogP contribution in [0.4, 0.5) is 10.5 Å². The summed E-state index contributed by atoms with van der Waals surface area (Å²) in [6.45, 7) is 6.47. The van der Waals surface area contributed by atoms with Crippen molar-refractivity contribution in [1.29, 1.82) is 0 Å². The summed E-state index contributed by atoms with van der Waals surface area (Å²) in [4.78, 5) is 49.2. The predicted octanol–water partition coefficient (Wildman–Crippen LogP) is 1.39. The first-order chi connectivity index (χ1) is 11.8. The zero-order valence-electron chi connectivity index (χ0n) is 14.0. The summed E-state index contributed by atoms with van der Waals surface area (Å²) in [5, 5.41) is 2.59. The Morgan fingerprint density at radius 2 is 1.84 bits per heavy atom. The molecule has 0 unspecified atom stereocenters. The van der Waals surface area contributed by atoms with Crippen LogP contribution in [0.15, 0.2) is 36.9 Å². The Labute approximate surface area is 145 Å². The summed E-state index contributed by atoms with van der Waals surface area (Å²) in [6.07, 6.45) is 1.23. The number of nitrogens with zero attached hydrogens (tertiary/aromatic N) is 2. The highest BCUT2D eigenvalue weighted by atomic mass is 16.5. The molecule has 1 aromatic rings. The standard InChI is InChI=1S/C17H19N3O5/c1-4-9-19-15(22)16(23)20(17(19)24)10-14(21)18-12-7-5-6-8-13(12)25-11(2)3/h4-8,11H,1,9-10H2,2-3H3,(H,18,21). The zero-order valence-corrected chi connectivity index (χ0v) is 14.0. The van der Waals surface area contributed by atoms with Gasteiger partial charge in [0.15, 0.2) is 0 Å². The second-order valence-electron chi connectivity index (χ2n) is 5.59. The van der Waals surface area contributed by atoms with Gasteiger partial charge in [0.1, 0.15) is 12.3 Å². The number of nitrogens with one attached hydrogen (secondary N) is 1. The van der Waals surface area contributed by atoms with Gasteiger partial charge in [-0.05, 0) is 26.0 Å². The van der Waals surface area contributed by atoms with E-state index in [2.05, 4.69) is 11.9 Å². The van der Waals surface area contributed by atoms with Gasteiger partial charge in [-0.15, -0.1) is 6.58 Å². The molecule has 1 aromatic carbocycles. The number of hydrogen-bond donors (Lipinski definition) is 1. The summed E-state index contributed by atoms with van der Waals surface area (Å²) in [6, 6.07) is 5.96. The molecule has 0 spiro atoms. The molecule has 1 aliphatic heterocycles. The molecule has 8 nitrogen and oxygen atoms in total. The molecule has 0 bridgehead atoms. The lowest BCUT2D eigenvalue weighted by molar-refractivity contribution is -0.143. The van der Waals surface area contributed by atoms with Crippen molar-refractivity contribution in [3.8, 4) is 5.75 Å². The number of carbonyl (C=O) groups is 4. The van der Waals surface area contributed by atoms with E-state index in [1.807, 2.05) is 13.8 Å². The number of ether oxygens (including phenoxy) is 1. The third-order valence-electron chi connectivity index (χ3n) is 3.27. The predicted molar refractivity (Wildman–Crippen MR) is 89.9 cm³/mol. The molecule has 0 atom stereocenters. The molecule has 8 heteroatoms. The van der Waals surface area contributed by atoms with E-state index in [1.54, 1.807) is 24.3 Å². The molecule has 2 rings (SSSR count). The molecular formula is C17H19N3O5. The molecule has 25 heavy (non-hydrogen) atoms. The van der Waals surface area contributed by atoms with Gasteiger partial charge in [0, 0.05) is 6.54 Å². The fourth-order valence-electron chi connectivity index (χ4n) is 2.24. The second-order valence-corrected chi connectivity index (χ2v) is 5.59. The number of rotatable bonds is 7. The highest BCUT2D eigenvalue weighted by Gasteiger charge is 2.44. The van der Waals surface area contributed by atoms with Crippen LogP contribution < -0.4 is 10.1 Å². The fourth-order valence-corrected chi connectivity index (χ4v) is 2.24. The molecule has 1 heterocycles. The van der Waals surface area contributed by atoms with E-state index in [-0.39, 0.29) is 12.6 Å². The highest BCUT2D eigenvalue weighted by Crippen LogP contribution is 2.25. The molecule has 1 fully saturated rings. The first-order valence-electron chi connectivity index (χ1n) is 7.69. The summed E-state index contributed by atoms with van der Waals surface area (Å²) in [7, 11) is 0. The van der Waals surface area contributed by atoms with Crippen molar-refractivity contribution in [3.63, 3.8) is 0 Å². The Balaban J connectivity index is 2.08. The monoisotopic (exact) mass is 345 g/mol. The molecule has 0 radical (unpaired) electrons. The van der Waals surface area contributed by atoms with Crippen molar-refractivity contribution in [1.82, 2.24) is 9.80 Å². The first kappa shape index (κ1) is 18.2. The van der Waals surface area contributed by atoms with Gasteiger partial charge in [0.2, 0.25) is 5.91 Å². The van der Waals surface area contributed by atoms with Crippen molar-refractivity contribution in [2.75, 3.05) is 18.4 Å². The normalized spacial score (nSPS) is 14.3. The fraction of sp³-hybridized carbons (Fsp3) is 0.294. The topological polar surface area (TPSA) is 96.0 Å². The molecule has 0 aliphatic carbocycles. The molecule has 5 amide bonds. The maximum atomic E-state index is 12.2. The van der Waals surface area contributed by atoms with Crippen molar-refractivity contribution in [3.05, 3.63) is 36.9 Å². The number of anilines is 1. The van der Waals surface area contributed by atoms with Crippen molar-refractivity contribution in [2.24, 2.45) is 0 Å². The Morgan fingerprint density at radius 1 is 1.20 bits per heavy atom. The minimum Gasteiger partial charge on any atom is -0.489 e. The van der Waals surface area contributed by atoms with Gasteiger partial charge in [-0.25, -0.2) is 9.69 Å². The van der Waals surface area contributed by atoms with E-state index < -0.39 is 30.3 Å². The Morgan fingerprint density at radius 3 is 2.48 bits per heavy atom. The van der Waals surface area contributed by atoms with E-state index in [9.17, 15) is 19.2 Å². The van der Waals surface area contributed by atoms with E-state index in [1.165, 1.54) is 6.08 Å². The molecular weight excluding hydrogens is 326 g/mol. The summed E-state index contributed by atoms with van der Waals surface area (Å²) in [5.74, 6) is -2.15. The van der Waals surface area contributed by atoms with Crippen LogP contribution in [0.1, 0.15) is 13.8 Å². The van der Waals surface area contributed by atoms with Crippen LogP contribution in [0.25, 0.3) is 0 Å². The maximum Gasteiger partial charge on any atom is 0.335 e. The molecule has 1 saturated heterocycles.